The van der Waals surface area contributed by atoms with Gasteiger partial charge in [0, 0.05) is 37.8 Å². The number of hydrogen-bond acceptors (Lipinski definition) is 3. The molecule has 132 valence electrons. The maximum absolute atomic E-state index is 12.9. The summed E-state index contributed by atoms with van der Waals surface area (Å²) >= 11 is 12.0. The number of hydrogen-bond donors (Lipinski definition) is 0. The van der Waals surface area contributed by atoms with Crippen molar-refractivity contribution in [3.63, 3.8) is 0 Å². The highest BCUT2D eigenvalue weighted by Crippen LogP contribution is 2.26. The van der Waals surface area contributed by atoms with Crippen LogP contribution in [0.15, 0.2) is 18.2 Å². The number of morpholine rings is 1. The largest absolute Gasteiger partial charge is 0.373 e. The minimum Gasteiger partial charge on any atom is -0.373 e. The fraction of sp³-hybridized carbons (Fsp3) is 0.611. The van der Waals surface area contributed by atoms with Crippen LogP contribution in [0.1, 0.15) is 37.0 Å². The lowest BCUT2D eigenvalue weighted by molar-refractivity contribution is -0.0715. The van der Waals surface area contributed by atoms with E-state index < -0.39 is 0 Å². The monoisotopic (exact) mass is 370 g/mol. The molecule has 2 aliphatic heterocycles. The number of carbonyl (C=O) groups is 1. The van der Waals surface area contributed by atoms with Crippen molar-refractivity contribution in [2.24, 2.45) is 0 Å². The van der Waals surface area contributed by atoms with Crippen LogP contribution in [0.5, 0.6) is 0 Å². The first kappa shape index (κ1) is 18.0. The van der Waals surface area contributed by atoms with Crippen LogP contribution in [0.3, 0.4) is 0 Å². The lowest BCUT2D eigenvalue weighted by Crippen LogP contribution is -2.50. The maximum atomic E-state index is 12.9. The highest BCUT2D eigenvalue weighted by Gasteiger charge is 2.33. The van der Waals surface area contributed by atoms with Crippen molar-refractivity contribution in [3.8, 4) is 0 Å². The molecule has 1 aromatic carbocycles. The van der Waals surface area contributed by atoms with Gasteiger partial charge in [0.2, 0.25) is 0 Å². The number of amides is 1. The summed E-state index contributed by atoms with van der Waals surface area (Å²) in [4.78, 5) is 17.3. The van der Waals surface area contributed by atoms with E-state index in [9.17, 15) is 4.79 Å². The van der Waals surface area contributed by atoms with Crippen molar-refractivity contribution in [1.82, 2.24) is 9.80 Å². The second-order valence-electron chi connectivity index (χ2n) is 6.90. The van der Waals surface area contributed by atoms with E-state index in [0.29, 0.717) is 15.6 Å². The molecule has 0 spiro atoms. The maximum Gasteiger partial charge on any atom is 0.254 e. The van der Waals surface area contributed by atoms with Crippen LogP contribution >= 0.6 is 23.2 Å². The molecule has 2 heterocycles. The predicted molar refractivity (Wildman–Crippen MR) is 97.0 cm³/mol. The third-order valence-corrected chi connectivity index (χ3v) is 5.51. The van der Waals surface area contributed by atoms with E-state index >= 15 is 0 Å². The lowest BCUT2D eigenvalue weighted by Gasteiger charge is -2.38. The van der Waals surface area contributed by atoms with Gasteiger partial charge in [-0.25, -0.2) is 0 Å². The van der Waals surface area contributed by atoms with Gasteiger partial charge in [-0.2, -0.15) is 0 Å². The van der Waals surface area contributed by atoms with Crippen LogP contribution < -0.4 is 0 Å². The number of likely N-dealkylation sites (tertiary alicyclic amines) is 1. The standard InChI is InChI=1S/C18H24Cl2N2O2/c1-12-9-21(10-13(2)24-12)11-15-4-3-7-22(15)18(23)14-5-6-16(19)17(20)8-14/h5-6,8,12-13,15H,3-4,7,9-11H2,1-2H3. The summed E-state index contributed by atoms with van der Waals surface area (Å²) in [7, 11) is 0. The minimum atomic E-state index is 0.0467. The van der Waals surface area contributed by atoms with Gasteiger partial charge in [-0.05, 0) is 44.9 Å². The molecule has 0 radical (unpaired) electrons. The average molecular weight is 371 g/mol. The van der Waals surface area contributed by atoms with Gasteiger partial charge >= 0.3 is 0 Å². The molecule has 4 nitrogen and oxygen atoms in total. The van der Waals surface area contributed by atoms with Crippen LogP contribution in [0.4, 0.5) is 0 Å². The molecular formula is C18H24Cl2N2O2. The molecule has 2 aliphatic rings. The summed E-state index contributed by atoms with van der Waals surface area (Å²) < 4.78 is 5.80. The smallest absolute Gasteiger partial charge is 0.254 e. The Morgan fingerprint density at radius 2 is 1.92 bits per heavy atom. The van der Waals surface area contributed by atoms with Gasteiger partial charge in [-0.1, -0.05) is 23.2 Å². The number of rotatable bonds is 3. The molecule has 24 heavy (non-hydrogen) atoms. The Kier molecular flexibility index (Phi) is 5.70. The molecule has 0 aromatic heterocycles. The number of benzene rings is 1. The molecule has 3 unspecified atom stereocenters. The molecule has 2 fully saturated rings. The van der Waals surface area contributed by atoms with Crippen molar-refractivity contribution in [1.29, 1.82) is 0 Å². The Morgan fingerprint density at radius 3 is 2.58 bits per heavy atom. The van der Waals surface area contributed by atoms with Gasteiger partial charge in [0.05, 0.1) is 22.3 Å². The van der Waals surface area contributed by atoms with Gasteiger partial charge in [0.1, 0.15) is 0 Å². The summed E-state index contributed by atoms with van der Waals surface area (Å²) in [5.74, 6) is 0.0467. The SMILES string of the molecule is CC1CN(CC2CCCN2C(=O)c2ccc(Cl)c(Cl)c2)CC(C)O1. The summed E-state index contributed by atoms with van der Waals surface area (Å²) in [6.07, 6.45) is 2.59. The van der Waals surface area contributed by atoms with Gasteiger partial charge in [-0.3, -0.25) is 9.69 Å². The number of ether oxygens (including phenoxy) is 1. The average Bonchev–Trinajstić information content (AvgIpc) is 2.96. The highest BCUT2D eigenvalue weighted by atomic mass is 35.5. The van der Waals surface area contributed by atoms with Gasteiger partial charge in [0.25, 0.3) is 5.91 Å². The van der Waals surface area contributed by atoms with E-state index in [-0.39, 0.29) is 24.2 Å². The molecule has 3 rings (SSSR count). The molecule has 3 atom stereocenters. The summed E-state index contributed by atoms with van der Waals surface area (Å²) in [6, 6.07) is 5.36. The summed E-state index contributed by atoms with van der Waals surface area (Å²) in [5.41, 5.74) is 0.611. The van der Waals surface area contributed by atoms with Crippen molar-refractivity contribution in [2.75, 3.05) is 26.2 Å². The lowest BCUT2D eigenvalue weighted by atomic mass is 10.1. The first-order chi connectivity index (χ1) is 11.4. The van der Waals surface area contributed by atoms with Gasteiger partial charge in [0.15, 0.2) is 0 Å². The van der Waals surface area contributed by atoms with Gasteiger partial charge in [-0.15, -0.1) is 0 Å². The quantitative estimate of drug-likeness (QED) is 0.812. The normalized spacial score (nSPS) is 28.3. The number of carbonyl (C=O) groups excluding carboxylic acids is 1. The zero-order valence-corrected chi connectivity index (χ0v) is 15.7. The third kappa shape index (κ3) is 4.05. The fourth-order valence-electron chi connectivity index (χ4n) is 3.82. The van der Waals surface area contributed by atoms with Crippen LogP contribution in [0.25, 0.3) is 0 Å². The molecular weight excluding hydrogens is 347 g/mol. The topological polar surface area (TPSA) is 32.8 Å². The first-order valence-electron chi connectivity index (χ1n) is 8.58. The first-order valence-corrected chi connectivity index (χ1v) is 9.33. The molecule has 1 amide bonds. The fourth-order valence-corrected chi connectivity index (χ4v) is 4.12. The minimum absolute atomic E-state index is 0.0467. The van der Waals surface area contributed by atoms with Crippen LogP contribution in [-0.4, -0.2) is 60.1 Å². The molecule has 0 saturated carbocycles. The van der Waals surface area contributed by atoms with Crippen molar-refractivity contribution in [2.45, 2.75) is 44.9 Å². The van der Waals surface area contributed by atoms with Gasteiger partial charge < -0.3 is 9.64 Å². The zero-order chi connectivity index (χ0) is 17.3. The molecule has 6 heteroatoms. The Hall–Kier alpha value is -0.810. The molecule has 0 N–H and O–H groups in total. The number of nitrogens with zero attached hydrogens (tertiary/aromatic N) is 2. The third-order valence-electron chi connectivity index (χ3n) is 4.77. The zero-order valence-electron chi connectivity index (χ0n) is 14.2. The van der Waals surface area contributed by atoms with E-state index in [1.54, 1.807) is 18.2 Å². The van der Waals surface area contributed by atoms with E-state index in [1.165, 1.54) is 0 Å². The highest BCUT2D eigenvalue weighted by molar-refractivity contribution is 6.42. The van der Waals surface area contributed by atoms with E-state index in [0.717, 1.165) is 39.0 Å². The molecule has 0 aliphatic carbocycles. The van der Waals surface area contributed by atoms with Crippen LogP contribution in [-0.2, 0) is 4.74 Å². The Bertz CT molecular complexity index is 601. The van der Waals surface area contributed by atoms with Crippen molar-refractivity contribution < 1.29 is 9.53 Å². The molecule has 0 bridgehead atoms. The second kappa shape index (κ2) is 7.61. The predicted octanol–water partition coefficient (Wildman–Crippen LogP) is 3.71. The molecule has 1 aromatic rings. The van der Waals surface area contributed by atoms with E-state index in [1.807, 2.05) is 4.90 Å². The van der Waals surface area contributed by atoms with Crippen molar-refractivity contribution >= 4 is 29.1 Å². The van der Waals surface area contributed by atoms with E-state index in [4.69, 9.17) is 27.9 Å². The Labute approximate surface area is 153 Å². The van der Waals surface area contributed by atoms with Crippen LogP contribution in [0.2, 0.25) is 10.0 Å². The Balaban J connectivity index is 1.68. The summed E-state index contributed by atoms with van der Waals surface area (Å²) in [5, 5.41) is 0.900. The van der Waals surface area contributed by atoms with Crippen LogP contribution in [0, 0.1) is 0 Å². The van der Waals surface area contributed by atoms with E-state index in [2.05, 4.69) is 18.7 Å². The summed E-state index contributed by atoms with van der Waals surface area (Å²) in [6.45, 7) is 7.78. The second-order valence-corrected chi connectivity index (χ2v) is 7.71. The van der Waals surface area contributed by atoms with Crippen molar-refractivity contribution in [3.05, 3.63) is 33.8 Å². The molecule has 2 saturated heterocycles. The number of halogens is 2. The Morgan fingerprint density at radius 1 is 1.21 bits per heavy atom.